The van der Waals surface area contributed by atoms with Gasteiger partial charge < -0.3 is 10.5 Å². The van der Waals surface area contributed by atoms with E-state index in [1.165, 1.54) is 12.8 Å². The van der Waals surface area contributed by atoms with E-state index in [0.29, 0.717) is 17.9 Å². The number of aromatic nitrogens is 1. The summed E-state index contributed by atoms with van der Waals surface area (Å²) in [6, 6.07) is 10.8. The Morgan fingerprint density at radius 2 is 1.95 bits per heavy atom. The molecule has 4 nitrogen and oxygen atoms in total. The second-order valence-electron chi connectivity index (χ2n) is 6.70. The number of nitrogens with zero attached hydrogens (tertiary/aromatic N) is 2. The molecule has 2 heterocycles. The summed E-state index contributed by atoms with van der Waals surface area (Å²) in [7, 11) is 1.70. The van der Waals surface area contributed by atoms with Crippen LogP contribution in [0.3, 0.4) is 0 Å². The summed E-state index contributed by atoms with van der Waals surface area (Å²) in [4.78, 5) is 7.35. The number of fused-ring (bicyclic) bond motifs is 3. The molecule has 2 aromatic rings. The minimum atomic E-state index is 0.418. The molecule has 4 rings (SSSR count). The van der Waals surface area contributed by atoms with Crippen LogP contribution >= 0.6 is 0 Å². The van der Waals surface area contributed by atoms with Gasteiger partial charge in [-0.3, -0.25) is 4.90 Å². The number of nitrogens with two attached hydrogens (primary N) is 1. The fraction of sp³-hybridized carbons (Fsp3) is 0.500. The molecule has 4 heteroatoms. The average Bonchev–Trinajstić information content (AvgIpc) is 2.75. The summed E-state index contributed by atoms with van der Waals surface area (Å²) >= 11 is 0. The van der Waals surface area contributed by atoms with Crippen molar-refractivity contribution >= 4 is 10.9 Å². The Labute approximate surface area is 131 Å². The largest absolute Gasteiger partial charge is 0.494 e. The second kappa shape index (κ2) is 5.52. The summed E-state index contributed by atoms with van der Waals surface area (Å²) in [6.07, 6.45) is 2.59. The zero-order valence-electron chi connectivity index (χ0n) is 13.0. The van der Waals surface area contributed by atoms with Crippen molar-refractivity contribution in [3.8, 4) is 5.75 Å². The van der Waals surface area contributed by atoms with Crippen molar-refractivity contribution in [1.82, 2.24) is 9.88 Å². The lowest BCUT2D eigenvalue weighted by atomic mass is 9.93. The number of hydrogen-bond donors (Lipinski definition) is 1. The lowest BCUT2D eigenvalue weighted by Crippen LogP contribution is -2.48. The third kappa shape index (κ3) is 2.36. The standard InChI is InChI=1S/C18H23N3O/c1-22-16-4-2-3-12-7-8-15(20-18(12)16)11-21-9-13-5-6-14(10-21)17(13)19/h2-4,7-8,13-14,17H,5-6,9-11,19H2,1H3/t13-,14+,17?. The number of methoxy groups -OCH3 is 1. The maximum Gasteiger partial charge on any atom is 0.145 e. The van der Waals surface area contributed by atoms with Crippen LogP contribution in [-0.4, -0.2) is 36.1 Å². The lowest BCUT2D eigenvalue weighted by Gasteiger charge is -2.35. The molecule has 116 valence electrons. The summed E-state index contributed by atoms with van der Waals surface area (Å²) in [5.41, 5.74) is 8.37. The minimum Gasteiger partial charge on any atom is -0.494 e. The maximum absolute atomic E-state index is 6.29. The summed E-state index contributed by atoms with van der Waals surface area (Å²) in [6.45, 7) is 3.14. The fourth-order valence-electron chi connectivity index (χ4n) is 4.13. The fourth-order valence-corrected chi connectivity index (χ4v) is 4.13. The molecule has 1 saturated heterocycles. The van der Waals surface area contributed by atoms with Gasteiger partial charge in [0.25, 0.3) is 0 Å². The number of hydrogen-bond acceptors (Lipinski definition) is 4. The smallest absolute Gasteiger partial charge is 0.145 e. The zero-order valence-corrected chi connectivity index (χ0v) is 13.0. The third-order valence-corrected chi connectivity index (χ3v) is 5.33. The molecule has 1 aromatic carbocycles. The highest BCUT2D eigenvalue weighted by atomic mass is 16.5. The molecule has 2 N–H and O–H groups in total. The Hall–Kier alpha value is -1.65. The van der Waals surface area contributed by atoms with Crippen molar-refractivity contribution in [3.63, 3.8) is 0 Å². The second-order valence-corrected chi connectivity index (χ2v) is 6.70. The van der Waals surface area contributed by atoms with Crippen molar-refractivity contribution < 1.29 is 4.74 Å². The van der Waals surface area contributed by atoms with Crippen molar-refractivity contribution in [3.05, 3.63) is 36.0 Å². The average molecular weight is 297 g/mol. The van der Waals surface area contributed by atoms with Crippen LogP contribution in [0.25, 0.3) is 10.9 Å². The SMILES string of the molecule is COc1cccc2ccc(CN3C[C@H]4CC[C@@H](C3)C4N)nc12. The van der Waals surface area contributed by atoms with Gasteiger partial charge in [0.05, 0.1) is 12.8 Å². The summed E-state index contributed by atoms with van der Waals surface area (Å²) < 4.78 is 5.44. The minimum absolute atomic E-state index is 0.418. The first-order valence-electron chi connectivity index (χ1n) is 8.15. The van der Waals surface area contributed by atoms with Gasteiger partial charge in [0.2, 0.25) is 0 Å². The first-order valence-corrected chi connectivity index (χ1v) is 8.15. The van der Waals surface area contributed by atoms with Crippen LogP contribution in [0.2, 0.25) is 0 Å². The predicted octanol–water partition coefficient (Wildman–Crippen LogP) is 2.41. The molecule has 0 radical (unpaired) electrons. The van der Waals surface area contributed by atoms with Crippen molar-refractivity contribution in [2.75, 3.05) is 20.2 Å². The number of benzene rings is 1. The van der Waals surface area contributed by atoms with E-state index in [4.69, 9.17) is 15.5 Å². The third-order valence-electron chi connectivity index (χ3n) is 5.33. The van der Waals surface area contributed by atoms with E-state index < -0.39 is 0 Å². The van der Waals surface area contributed by atoms with Gasteiger partial charge in [-0.05, 0) is 36.8 Å². The molecule has 1 aliphatic carbocycles. The van der Waals surface area contributed by atoms with Crippen LogP contribution in [0, 0.1) is 11.8 Å². The Morgan fingerprint density at radius 3 is 2.68 bits per heavy atom. The Kier molecular flexibility index (Phi) is 3.51. The number of piperidine rings is 1. The van der Waals surface area contributed by atoms with E-state index in [-0.39, 0.29) is 0 Å². The zero-order chi connectivity index (χ0) is 15.1. The molecule has 3 atom stereocenters. The van der Waals surface area contributed by atoms with Crippen LogP contribution in [0.15, 0.2) is 30.3 Å². The molecule has 22 heavy (non-hydrogen) atoms. The molecule has 1 saturated carbocycles. The summed E-state index contributed by atoms with van der Waals surface area (Å²) in [5.74, 6) is 2.20. The highest BCUT2D eigenvalue weighted by Crippen LogP contribution is 2.36. The van der Waals surface area contributed by atoms with Crippen molar-refractivity contribution in [2.24, 2.45) is 17.6 Å². The quantitative estimate of drug-likeness (QED) is 0.945. The molecular formula is C18H23N3O. The summed E-state index contributed by atoms with van der Waals surface area (Å²) in [5, 5.41) is 1.13. The topological polar surface area (TPSA) is 51.4 Å². The van der Waals surface area contributed by atoms with E-state index in [1.807, 2.05) is 12.1 Å². The number of para-hydroxylation sites is 1. The van der Waals surface area contributed by atoms with Gasteiger partial charge in [-0.15, -0.1) is 0 Å². The van der Waals surface area contributed by atoms with Gasteiger partial charge in [-0.1, -0.05) is 18.2 Å². The van der Waals surface area contributed by atoms with Gasteiger partial charge in [0.15, 0.2) is 0 Å². The first-order chi connectivity index (χ1) is 10.7. The first kappa shape index (κ1) is 14.0. The van der Waals surface area contributed by atoms with Gasteiger partial charge in [-0.2, -0.15) is 0 Å². The number of rotatable bonds is 3. The predicted molar refractivity (Wildman–Crippen MR) is 87.8 cm³/mol. The molecule has 2 bridgehead atoms. The number of likely N-dealkylation sites (tertiary alicyclic amines) is 1. The normalized spacial score (nSPS) is 28.2. The molecule has 2 fully saturated rings. The highest BCUT2D eigenvalue weighted by molar-refractivity contribution is 5.84. The van der Waals surface area contributed by atoms with E-state index in [1.54, 1.807) is 7.11 Å². The van der Waals surface area contributed by atoms with Gasteiger partial charge >= 0.3 is 0 Å². The van der Waals surface area contributed by atoms with E-state index in [0.717, 1.165) is 42.0 Å². The number of ether oxygens (including phenoxy) is 1. The van der Waals surface area contributed by atoms with Crippen LogP contribution in [0.1, 0.15) is 18.5 Å². The van der Waals surface area contributed by atoms with Crippen LogP contribution < -0.4 is 10.5 Å². The molecular weight excluding hydrogens is 274 g/mol. The molecule has 2 aliphatic rings. The van der Waals surface area contributed by atoms with Crippen LogP contribution in [0.4, 0.5) is 0 Å². The lowest BCUT2D eigenvalue weighted by molar-refractivity contribution is 0.139. The van der Waals surface area contributed by atoms with E-state index >= 15 is 0 Å². The van der Waals surface area contributed by atoms with E-state index in [9.17, 15) is 0 Å². The Morgan fingerprint density at radius 1 is 1.18 bits per heavy atom. The van der Waals surface area contributed by atoms with Gasteiger partial charge in [0, 0.05) is 31.1 Å². The monoisotopic (exact) mass is 297 g/mol. The molecule has 1 aromatic heterocycles. The van der Waals surface area contributed by atoms with Gasteiger partial charge in [-0.25, -0.2) is 4.98 Å². The highest BCUT2D eigenvalue weighted by Gasteiger charge is 2.39. The van der Waals surface area contributed by atoms with Crippen molar-refractivity contribution in [2.45, 2.75) is 25.4 Å². The Bertz CT molecular complexity index is 673. The molecule has 1 aliphatic heterocycles. The van der Waals surface area contributed by atoms with Crippen LogP contribution in [-0.2, 0) is 6.54 Å². The molecule has 1 unspecified atom stereocenters. The molecule has 0 spiro atoms. The maximum atomic E-state index is 6.29. The van der Waals surface area contributed by atoms with Crippen molar-refractivity contribution in [1.29, 1.82) is 0 Å². The van der Waals surface area contributed by atoms with E-state index in [2.05, 4.69) is 23.1 Å². The Balaban J connectivity index is 1.57. The molecule has 0 amide bonds. The number of pyridine rings is 1. The van der Waals surface area contributed by atoms with Crippen LogP contribution in [0.5, 0.6) is 5.75 Å². The van der Waals surface area contributed by atoms with Gasteiger partial charge in [0.1, 0.15) is 11.3 Å².